The Morgan fingerprint density at radius 1 is 1.31 bits per heavy atom. The van der Waals surface area contributed by atoms with Gasteiger partial charge in [0.15, 0.2) is 5.88 Å². The van der Waals surface area contributed by atoms with E-state index in [0.29, 0.717) is 18.5 Å². The molecule has 0 aliphatic carbocycles. The van der Waals surface area contributed by atoms with E-state index in [-0.39, 0.29) is 12.5 Å². The predicted octanol–water partition coefficient (Wildman–Crippen LogP) is 1.67. The van der Waals surface area contributed by atoms with E-state index < -0.39 is 0 Å². The second-order valence-electron chi connectivity index (χ2n) is 3.55. The molecule has 4 heteroatoms. The topological polar surface area (TPSA) is 68.6 Å². The van der Waals surface area contributed by atoms with E-state index in [4.69, 9.17) is 5.11 Å². The first-order chi connectivity index (χ1) is 7.83. The fourth-order valence-corrected chi connectivity index (χ4v) is 1.60. The summed E-state index contributed by atoms with van der Waals surface area (Å²) in [6.07, 6.45) is 2.28. The summed E-state index contributed by atoms with van der Waals surface area (Å²) in [5.41, 5.74) is 1.59. The molecule has 0 bridgehead atoms. The number of H-pyrrole nitrogens is 1. The fraction of sp³-hybridized carbons (Fsp3) is 0.250. The Morgan fingerprint density at radius 3 is 2.94 bits per heavy atom. The lowest BCUT2D eigenvalue weighted by Gasteiger charge is -1.92. The fourth-order valence-electron chi connectivity index (χ4n) is 1.60. The number of hydrogen-bond acceptors (Lipinski definition) is 3. The first-order valence-corrected chi connectivity index (χ1v) is 5.23. The van der Waals surface area contributed by atoms with Crippen LogP contribution >= 0.6 is 0 Å². The van der Waals surface area contributed by atoms with Crippen LogP contribution in [0.5, 0.6) is 5.88 Å². The second-order valence-corrected chi connectivity index (χ2v) is 3.55. The largest absolute Gasteiger partial charge is 0.494 e. The van der Waals surface area contributed by atoms with Gasteiger partial charge < -0.3 is 15.2 Å². The summed E-state index contributed by atoms with van der Waals surface area (Å²) >= 11 is 0. The SMILES string of the molecule is OCCCN=Cc1c(O)[nH]c2ccccc12. The summed E-state index contributed by atoms with van der Waals surface area (Å²) in [7, 11) is 0. The van der Waals surface area contributed by atoms with Crippen molar-refractivity contribution in [2.75, 3.05) is 13.2 Å². The Labute approximate surface area is 93.3 Å². The molecule has 84 valence electrons. The van der Waals surface area contributed by atoms with E-state index in [9.17, 15) is 5.11 Å². The third-order valence-electron chi connectivity index (χ3n) is 2.39. The van der Waals surface area contributed by atoms with Gasteiger partial charge in [0.05, 0.1) is 5.56 Å². The Balaban J connectivity index is 2.29. The number of aliphatic hydroxyl groups excluding tert-OH is 1. The summed E-state index contributed by atoms with van der Waals surface area (Å²) in [6, 6.07) is 7.66. The maximum atomic E-state index is 9.69. The summed E-state index contributed by atoms with van der Waals surface area (Å²) in [5.74, 6) is 0.133. The Bertz CT molecular complexity index is 503. The van der Waals surface area contributed by atoms with Crippen LogP contribution in [-0.2, 0) is 0 Å². The van der Waals surface area contributed by atoms with Crippen LogP contribution in [-0.4, -0.2) is 34.6 Å². The van der Waals surface area contributed by atoms with Crippen LogP contribution in [0.2, 0.25) is 0 Å². The highest BCUT2D eigenvalue weighted by Crippen LogP contribution is 2.24. The van der Waals surface area contributed by atoms with E-state index >= 15 is 0 Å². The number of aromatic nitrogens is 1. The zero-order valence-electron chi connectivity index (χ0n) is 8.85. The summed E-state index contributed by atoms with van der Waals surface area (Å²) in [5, 5.41) is 19.3. The average molecular weight is 218 g/mol. The van der Waals surface area contributed by atoms with Gasteiger partial charge in [-0.1, -0.05) is 18.2 Å². The van der Waals surface area contributed by atoms with E-state index in [1.165, 1.54) is 0 Å². The number of nitrogens with zero attached hydrogens (tertiary/aromatic N) is 1. The number of aromatic hydroxyl groups is 1. The highest BCUT2D eigenvalue weighted by molar-refractivity contribution is 6.01. The molecule has 2 rings (SSSR count). The molecule has 1 aromatic heterocycles. The van der Waals surface area contributed by atoms with Crippen molar-refractivity contribution in [1.82, 2.24) is 4.98 Å². The number of benzene rings is 1. The van der Waals surface area contributed by atoms with Gasteiger partial charge in [0.25, 0.3) is 0 Å². The Morgan fingerprint density at radius 2 is 2.12 bits per heavy atom. The van der Waals surface area contributed by atoms with Crippen LogP contribution in [0, 0.1) is 0 Å². The van der Waals surface area contributed by atoms with Crippen molar-refractivity contribution < 1.29 is 10.2 Å². The number of aliphatic hydroxyl groups is 1. The lowest BCUT2D eigenvalue weighted by molar-refractivity contribution is 0.291. The van der Waals surface area contributed by atoms with Gasteiger partial charge in [-0.25, -0.2) is 0 Å². The van der Waals surface area contributed by atoms with E-state index in [0.717, 1.165) is 10.9 Å². The minimum atomic E-state index is 0.133. The van der Waals surface area contributed by atoms with Crippen LogP contribution < -0.4 is 0 Å². The highest BCUT2D eigenvalue weighted by atomic mass is 16.3. The maximum Gasteiger partial charge on any atom is 0.198 e. The molecule has 0 aliphatic rings. The number of rotatable bonds is 4. The quantitative estimate of drug-likeness (QED) is 0.539. The molecule has 1 heterocycles. The molecule has 0 aliphatic heterocycles. The van der Waals surface area contributed by atoms with Crippen molar-refractivity contribution in [3.63, 3.8) is 0 Å². The number of aromatic amines is 1. The minimum Gasteiger partial charge on any atom is -0.494 e. The Kier molecular flexibility index (Phi) is 3.22. The van der Waals surface area contributed by atoms with Crippen LogP contribution in [0.15, 0.2) is 29.3 Å². The van der Waals surface area contributed by atoms with Crippen molar-refractivity contribution in [3.8, 4) is 5.88 Å². The van der Waals surface area contributed by atoms with Gasteiger partial charge in [-0.3, -0.25) is 4.99 Å². The second kappa shape index (κ2) is 4.81. The van der Waals surface area contributed by atoms with E-state index in [2.05, 4.69) is 9.98 Å². The molecule has 4 nitrogen and oxygen atoms in total. The van der Waals surface area contributed by atoms with Crippen molar-refractivity contribution in [2.24, 2.45) is 4.99 Å². The van der Waals surface area contributed by atoms with Crippen molar-refractivity contribution in [3.05, 3.63) is 29.8 Å². The molecule has 2 aromatic rings. The van der Waals surface area contributed by atoms with E-state index in [1.54, 1.807) is 6.21 Å². The standard InChI is InChI=1S/C12H14N2O2/c15-7-3-6-13-8-10-9-4-1-2-5-11(9)14-12(10)16/h1-2,4-5,8,14-16H,3,6-7H2. The van der Waals surface area contributed by atoms with Gasteiger partial charge in [-0.05, 0) is 12.5 Å². The molecule has 0 saturated carbocycles. The van der Waals surface area contributed by atoms with Gasteiger partial charge in [-0.2, -0.15) is 0 Å². The van der Waals surface area contributed by atoms with Crippen LogP contribution in [0.1, 0.15) is 12.0 Å². The average Bonchev–Trinajstić information content (AvgIpc) is 2.61. The number of hydrogen-bond donors (Lipinski definition) is 3. The number of fused-ring (bicyclic) bond motifs is 1. The van der Waals surface area contributed by atoms with Crippen molar-refractivity contribution >= 4 is 17.1 Å². The molecule has 0 saturated heterocycles. The van der Waals surface area contributed by atoms with Crippen LogP contribution in [0.25, 0.3) is 10.9 Å². The molecule has 0 radical (unpaired) electrons. The van der Waals surface area contributed by atoms with Crippen LogP contribution in [0.3, 0.4) is 0 Å². The third-order valence-corrected chi connectivity index (χ3v) is 2.39. The molecule has 0 spiro atoms. The number of nitrogens with one attached hydrogen (secondary N) is 1. The van der Waals surface area contributed by atoms with E-state index in [1.807, 2.05) is 24.3 Å². The van der Waals surface area contributed by atoms with Crippen LogP contribution in [0.4, 0.5) is 0 Å². The molecular weight excluding hydrogens is 204 g/mol. The first-order valence-electron chi connectivity index (χ1n) is 5.23. The molecule has 0 atom stereocenters. The van der Waals surface area contributed by atoms with Gasteiger partial charge in [-0.15, -0.1) is 0 Å². The zero-order chi connectivity index (χ0) is 11.4. The number of aliphatic imine (C=N–C) groups is 1. The molecule has 16 heavy (non-hydrogen) atoms. The summed E-state index contributed by atoms with van der Waals surface area (Å²) < 4.78 is 0. The molecule has 0 unspecified atom stereocenters. The molecular formula is C12H14N2O2. The van der Waals surface area contributed by atoms with Gasteiger partial charge >= 0.3 is 0 Å². The highest BCUT2D eigenvalue weighted by Gasteiger charge is 2.06. The Hall–Kier alpha value is -1.81. The summed E-state index contributed by atoms with van der Waals surface area (Å²) in [4.78, 5) is 7.03. The summed E-state index contributed by atoms with van der Waals surface area (Å²) in [6.45, 7) is 0.701. The van der Waals surface area contributed by atoms with Gasteiger partial charge in [0, 0.05) is 30.3 Å². The predicted molar refractivity (Wildman–Crippen MR) is 64.1 cm³/mol. The zero-order valence-corrected chi connectivity index (χ0v) is 8.85. The first kappa shape index (κ1) is 10.7. The maximum absolute atomic E-state index is 9.69. The van der Waals surface area contributed by atoms with Gasteiger partial charge in [0.2, 0.25) is 0 Å². The molecule has 0 fully saturated rings. The normalized spacial score (nSPS) is 11.6. The molecule has 1 aromatic carbocycles. The minimum absolute atomic E-state index is 0.133. The lowest BCUT2D eigenvalue weighted by Crippen LogP contribution is -1.88. The van der Waals surface area contributed by atoms with Crippen molar-refractivity contribution in [1.29, 1.82) is 0 Å². The van der Waals surface area contributed by atoms with Crippen molar-refractivity contribution in [2.45, 2.75) is 6.42 Å². The molecule has 0 amide bonds. The van der Waals surface area contributed by atoms with Gasteiger partial charge in [0.1, 0.15) is 0 Å². The molecule has 3 N–H and O–H groups in total. The number of para-hydroxylation sites is 1. The lowest BCUT2D eigenvalue weighted by atomic mass is 10.2. The monoisotopic (exact) mass is 218 g/mol. The third kappa shape index (κ3) is 2.06. The smallest absolute Gasteiger partial charge is 0.198 e.